The molecular formula is C46H29N3O. The molecule has 2 aliphatic rings. The van der Waals surface area contributed by atoms with Gasteiger partial charge in [-0.05, 0) is 68.9 Å². The maximum atomic E-state index is 10.4. The molecule has 0 amide bonds. The van der Waals surface area contributed by atoms with E-state index < -0.39 is 0 Å². The highest BCUT2D eigenvalue weighted by atomic mass is 16.5. The number of rotatable bonds is 3. The van der Waals surface area contributed by atoms with Gasteiger partial charge in [-0.15, -0.1) is 0 Å². The van der Waals surface area contributed by atoms with Crippen molar-refractivity contribution in [3.05, 3.63) is 156 Å². The molecule has 0 bridgehead atoms. The second kappa shape index (κ2) is 10.5. The molecule has 0 saturated carbocycles. The van der Waals surface area contributed by atoms with Crippen LogP contribution >= 0.6 is 0 Å². The Hall–Kier alpha value is -6.57. The van der Waals surface area contributed by atoms with Crippen molar-refractivity contribution in [2.45, 2.75) is 19.3 Å². The van der Waals surface area contributed by atoms with Crippen LogP contribution < -0.4 is 4.74 Å². The number of hydrogen-bond acceptors (Lipinski definition) is 4. The first kappa shape index (κ1) is 28.4. The van der Waals surface area contributed by atoms with Gasteiger partial charge < -0.3 is 4.74 Å². The molecule has 1 aliphatic heterocycles. The molecule has 0 radical (unpaired) electrons. The van der Waals surface area contributed by atoms with E-state index in [-0.39, 0.29) is 5.41 Å². The van der Waals surface area contributed by atoms with Gasteiger partial charge in [0.2, 0.25) is 0 Å². The molecule has 2 heterocycles. The molecule has 7 aromatic carbocycles. The number of benzene rings is 7. The first-order valence-electron chi connectivity index (χ1n) is 16.9. The number of para-hydroxylation sites is 2. The zero-order chi connectivity index (χ0) is 33.6. The quantitative estimate of drug-likeness (QED) is 0.193. The summed E-state index contributed by atoms with van der Waals surface area (Å²) < 4.78 is 6.65. The van der Waals surface area contributed by atoms with E-state index in [4.69, 9.17) is 14.7 Å². The third-order valence-corrected chi connectivity index (χ3v) is 10.5. The predicted molar refractivity (Wildman–Crippen MR) is 201 cm³/mol. The normalized spacial score (nSPS) is 13.3. The fourth-order valence-electron chi connectivity index (χ4n) is 8.13. The highest BCUT2D eigenvalue weighted by molar-refractivity contribution is 6.18. The number of nitrogens with zero attached hydrogens (tertiary/aromatic N) is 3. The Bertz CT molecular complexity index is 2760. The van der Waals surface area contributed by atoms with Crippen LogP contribution in [0.3, 0.4) is 0 Å². The van der Waals surface area contributed by atoms with Crippen molar-refractivity contribution < 1.29 is 4.74 Å². The van der Waals surface area contributed by atoms with Gasteiger partial charge >= 0.3 is 0 Å². The molecule has 0 spiro atoms. The number of ether oxygens (including phenoxy) is 1. The van der Waals surface area contributed by atoms with E-state index in [9.17, 15) is 5.26 Å². The van der Waals surface area contributed by atoms with Crippen LogP contribution in [0.1, 0.15) is 30.5 Å². The lowest BCUT2D eigenvalue weighted by Crippen LogP contribution is -2.24. The zero-order valence-corrected chi connectivity index (χ0v) is 27.5. The molecular weight excluding hydrogens is 611 g/mol. The Kier molecular flexibility index (Phi) is 5.95. The lowest BCUT2D eigenvalue weighted by molar-refractivity contribution is 0.419. The highest BCUT2D eigenvalue weighted by Crippen LogP contribution is 2.53. The minimum atomic E-state index is -0.302. The summed E-state index contributed by atoms with van der Waals surface area (Å²) in [6.07, 6.45) is 0. The van der Waals surface area contributed by atoms with Crippen molar-refractivity contribution in [1.29, 1.82) is 5.26 Å². The van der Waals surface area contributed by atoms with Crippen LogP contribution in [-0.4, -0.2) is 9.97 Å². The Labute approximate surface area is 289 Å². The maximum Gasteiger partial charge on any atom is 0.161 e. The number of hydrogen-bond donors (Lipinski definition) is 0. The average Bonchev–Trinajstić information content (AvgIpc) is 3.49. The number of nitriles is 1. The predicted octanol–water partition coefficient (Wildman–Crippen LogP) is 11.7. The molecule has 0 unspecified atom stereocenters. The summed E-state index contributed by atoms with van der Waals surface area (Å²) in [5.41, 5.74) is 12.8. The Morgan fingerprint density at radius 1 is 0.580 bits per heavy atom. The van der Waals surface area contributed by atoms with Crippen molar-refractivity contribution in [3.63, 3.8) is 0 Å². The summed E-state index contributed by atoms with van der Waals surface area (Å²) in [6.45, 7) is 4.43. The minimum Gasteiger partial charge on any atom is -0.456 e. The van der Waals surface area contributed by atoms with Gasteiger partial charge in [-0.3, -0.25) is 0 Å². The van der Waals surface area contributed by atoms with Gasteiger partial charge in [-0.1, -0.05) is 123 Å². The van der Waals surface area contributed by atoms with E-state index in [0.717, 1.165) is 66.9 Å². The van der Waals surface area contributed by atoms with Crippen LogP contribution in [0, 0.1) is 11.3 Å². The maximum absolute atomic E-state index is 10.4. The van der Waals surface area contributed by atoms with Gasteiger partial charge in [0.25, 0.3) is 0 Å². The molecule has 4 heteroatoms. The van der Waals surface area contributed by atoms with E-state index in [0.29, 0.717) is 11.4 Å². The highest BCUT2D eigenvalue weighted by Gasteiger charge is 2.36. The lowest BCUT2D eigenvalue weighted by Gasteiger charge is -2.35. The lowest BCUT2D eigenvalue weighted by atomic mass is 9.74. The van der Waals surface area contributed by atoms with Gasteiger partial charge in [0.15, 0.2) is 5.82 Å². The fraction of sp³-hybridized carbons (Fsp3) is 0.0652. The smallest absolute Gasteiger partial charge is 0.161 e. The van der Waals surface area contributed by atoms with Gasteiger partial charge in [0, 0.05) is 38.6 Å². The third-order valence-electron chi connectivity index (χ3n) is 10.5. The monoisotopic (exact) mass is 639 g/mol. The van der Waals surface area contributed by atoms with Crippen molar-refractivity contribution >= 4 is 21.7 Å². The van der Waals surface area contributed by atoms with E-state index in [1.165, 1.54) is 27.6 Å². The molecule has 1 aliphatic carbocycles. The summed E-state index contributed by atoms with van der Waals surface area (Å²) in [5, 5.41) is 13.7. The van der Waals surface area contributed by atoms with Gasteiger partial charge in [0.1, 0.15) is 11.5 Å². The first-order chi connectivity index (χ1) is 24.5. The van der Waals surface area contributed by atoms with Crippen molar-refractivity contribution in [2.75, 3.05) is 0 Å². The van der Waals surface area contributed by atoms with E-state index in [1.807, 2.05) is 48.5 Å². The van der Waals surface area contributed by atoms with Crippen LogP contribution in [0.5, 0.6) is 11.5 Å². The SMILES string of the molecule is CC1(C)c2ccccc2Oc2c1ccc(C#N)c2-c1cccc(-c2nc(-c3ccc4c5c(cccc35)-c3ccccc3-4)nc3ccccc23)c1. The molecule has 0 saturated heterocycles. The summed E-state index contributed by atoms with van der Waals surface area (Å²) in [7, 11) is 0. The Balaban J connectivity index is 1.17. The molecule has 0 N–H and O–H groups in total. The van der Waals surface area contributed by atoms with E-state index >= 15 is 0 Å². The summed E-state index contributed by atoms with van der Waals surface area (Å²) >= 11 is 0. The van der Waals surface area contributed by atoms with Crippen LogP contribution in [0.2, 0.25) is 0 Å². The Morgan fingerprint density at radius 3 is 2.12 bits per heavy atom. The average molecular weight is 640 g/mol. The summed E-state index contributed by atoms with van der Waals surface area (Å²) in [4.78, 5) is 10.5. The molecule has 1 aromatic heterocycles. The molecule has 0 atom stereocenters. The van der Waals surface area contributed by atoms with Crippen LogP contribution in [-0.2, 0) is 5.41 Å². The molecule has 0 fully saturated rings. The van der Waals surface area contributed by atoms with Gasteiger partial charge in [-0.25, -0.2) is 9.97 Å². The van der Waals surface area contributed by atoms with Gasteiger partial charge in [-0.2, -0.15) is 5.26 Å². The Morgan fingerprint density at radius 2 is 1.26 bits per heavy atom. The van der Waals surface area contributed by atoms with Crippen LogP contribution in [0.25, 0.3) is 77.7 Å². The van der Waals surface area contributed by atoms with Gasteiger partial charge in [0.05, 0.1) is 22.8 Å². The summed E-state index contributed by atoms with van der Waals surface area (Å²) in [5.74, 6) is 2.23. The number of fused-ring (bicyclic) bond motifs is 6. The molecule has 8 aromatic rings. The standard InChI is InChI=1S/C46H29N3O/c1-46(2)37-18-6-8-20-40(37)50-44-38(46)24-21-29(26-47)41(44)27-11-9-12-28(25-27)43-36-15-5-7-19-39(36)48-45(49-43)35-23-22-34-31-14-4-3-13-30(31)32-16-10-17-33(35)42(32)34/h3-25H,1-2H3. The van der Waals surface area contributed by atoms with E-state index in [2.05, 4.69) is 111 Å². The molecule has 50 heavy (non-hydrogen) atoms. The largest absolute Gasteiger partial charge is 0.456 e. The number of aromatic nitrogens is 2. The second-order valence-corrected chi connectivity index (χ2v) is 13.6. The zero-order valence-electron chi connectivity index (χ0n) is 27.5. The molecule has 10 rings (SSSR count). The molecule has 234 valence electrons. The third kappa shape index (κ3) is 3.98. The van der Waals surface area contributed by atoms with Crippen LogP contribution in [0.15, 0.2) is 140 Å². The van der Waals surface area contributed by atoms with E-state index in [1.54, 1.807) is 0 Å². The topological polar surface area (TPSA) is 58.8 Å². The molecule has 4 nitrogen and oxygen atoms in total. The summed E-state index contributed by atoms with van der Waals surface area (Å²) in [6, 6.07) is 50.6. The fourth-order valence-corrected chi connectivity index (χ4v) is 8.13. The first-order valence-corrected chi connectivity index (χ1v) is 16.9. The van der Waals surface area contributed by atoms with Crippen molar-refractivity contribution in [1.82, 2.24) is 9.97 Å². The van der Waals surface area contributed by atoms with Crippen molar-refractivity contribution in [2.24, 2.45) is 0 Å². The van der Waals surface area contributed by atoms with Crippen LogP contribution in [0.4, 0.5) is 0 Å². The second-order valence-electron chi connectivity index (χ2n) is 13.6. The minimum absolute atomic E-state index is 0.302. The van der Waals surface area contributed by atoms with Crippen molar-refractivity contribution in [3.8, 4) is 73.6 Å².